The van der Waals surface area contributed by atoms with E-state index in [1.807, 2.05) is 60.7 Å². The highest BCUT2D eigenvalue weighted by Gasteiger charge is 2.15. The Morgan fingerprint density at radius 1 is 1.04 bits per heavy atom. The summed E-state index contributed by atoms with van der Waals surface area (Å²) in [4.78, 5) is 17.7. The van der Waals surface area contributed by atoms with Crippen LogP contribution in [0.1, 0.15) is 17.5 Å². The highest BCUT2D eigenvalue weighted by molar-refractivity contribution is 6.33. The first-order chi connectivity index (χ1) is 13.6. The third kappa shape index (κ3) is 5.93. The van der Waals surface area contributed by atoms with Gasteiger partial charge in [-0.15, -0.1) is 0 Å². The van der Waals surface area contributed by atoms with Gasteiger partial charge in [-0.25, -0.2) is 0 Å². The van der Waals surface area contributed by atoms with Gasteiger partial charge in [-0.2, -0.15) is 0 Å². The SMILES string of the molecule is CN1CCN(CCCNC(=O)/C(=C/c2ccccc2Cl)c2ccccc2)CC1. The molecule has 148 valence electrons. The molecule has 2 aromatic rings. The first-order valence-electron chi connectivity index (χ1n) is 9.84. The van der Waals surface area contributed by atoms with Crippen LogP contribution in [0.15, 0.2) is 54.6 Å². The third-order valence-electron chi connectivity index (χ3n) is 5.07. The molecule has 1 amide bonds. The van der Waals surface area contributed by atoms with E-state index in [1.165, 1.54) is 0 Å². The van der Waals surface area contributed by atoms with Gasteiger partial charge in [0.05, 0.1) is 0 Å². The average molecular weight is 398 g/mol. The topological polar surface area (TPSA) is 35.6 Å². The Hall–Kier alpha value is -2.14. The van der Waals surface area contributed by atoms with Crippen molar-refractivity contribution < 1.29 is 4.79 Å². The normalized spacial score (nSPS) is 16.1. The molecule has 2 aromatic carbocycles. The number of halogens is 1. The first-order valence-corrected chi connectivity index (χ1v) is 10.2. The van der Waals surface area contributed by atoms with Gasteiger partial charge in [-0.3, -0.25) is 4.79 Å². The van der Waals surface area contributed by atoms with E-state index in [-0.39, 0.29) is 5.91 Å². The standard InChI is InChI=1S/C23H28ClN3O/c1-26-14-16-27(17-15-26)13-7-12-25-23(28)21(19-8-3-2-4-9-19)18-20-10-5-6-11-22(20)24/h2-6,8-11,18H,7,12-17H2,1H3,(H,25,28)/b21-18+. The van der Waals surface area contributed by atoms with E-state index in [4.69, 9.17) is 11.6 Å². The highest BCUT2D eigenvalue weighted by Crippen LogP contribution is 2.23. The molecule has 0 radical (unpaired) electrons. The van der Waals surface area contributed by atoms with Crippen molar-refractivity contribution >= 4 is 29.2 Å². The number of carbonyl (C=O) groups is 1. The van der Waals surface area contributed by atoms with Crippen molar-refractivity contribution in [1.82, 2.24) is 15.1 Å². The Bertz CT molecular complexity index is 799. The van der Waals surface area contributed by atoms with Crippen molar-refractivity contribution in [3.8, 4) is 0 Å². The maximum atomic E-state index is 12.9. The number of carbonyl (C=O) groups excluding carboxylic acids is 1. The van der Waals surface area contributed by atoms with Gasteiger partial charge >= 0.3 is 0 Å². The molecule has 1 aliphatic heterocycles. The zero-order valence-electron chi connectivity index (χ0n) is 16.4. The summed E-state index contributed by atoms with van der Waals surface area (Å²) in [6.07, 6.45) is 2.82. The van der Waals surface area contributed by atoms with Crippen molar-refractivity contribution in [3.63, 3.8) is 0 Å². The molecule has 3 rings (SSSR count). The van der Waals surface area contributed by atoms with Gasteiger partial charge in [-0.05, 0) is 43.3 Å². The summed E-state index contributed by atoms with van der Waals surface area (Å²) in [6, 6.07) is 17.3. The summed E-state index contributed by atoms with van der Waals surface area (Å²) in [7, 11) is 2.16. The van der Waals surface area contributed by atoms with Crippen molar-refractivity contribution in [1.29, 1.82) is 0 Å². The van der Waals surface area contributed by atoms with Crippen LogP contribution in [-0.2, 0) is 4.79 Å². The lowest BCUT2D eigenvalue weighted by molar-refractivity contribution is -0.115. The van der Waals surface area contributed by atoms with Crippen LogP contribution in [0.25, 0.3) is 11.6 Å². The molecule has 0 unspecified atom stereocenters. The predicted octanol–water partition coefficient (Wildman–Crippen LogP) is 3.63. The summed E-state index contributed by atoms with van der Waals surface area (Å²) in [5.74, 6) is -0.0653. The van der Waals surface area contributed by atoms with E-state index >= 15 is 0 Å². The van der Waals surface area contributed by atoms with Crippen molar-refractivity contribution in [2.45, 2.75) is 6.42 Å². The maximum absolute atomic E-state index is 12.9. The van der Waals surface area contributed by atoms with Gasteiger partial charge in [0, 0.05) is 43.3 Å². The van der Waals surface area contributed by atoms with Crippen LogP contribution in [0, 0.1) is 0 Å². The minimum atomic E-state index is -0.0653. The molecular weight excluding hydrogens is 370 g/mol. The number of amides is 1. The molecular formula is C23H28ClN3O. The maximum Gasteiger partial charge on any atom is 0.251 e. The van der Waals surface area contributed by atoms with Gasteiger partial charge in [0.1, 0.15) is 0 Å². The van der Waals surface area contributed by atoms with E-state index in [9.17, 15) is 4.79 Å². The molecule has 0 bridgehead atoms. The summed E-state index contributed by atoms with van der Waals surface area (Å²) in [5.41, 5.74) is 2.36. The molecule has 4 nitrogen and oxygen atoms in total. The summed E-state index contributed by atoms with van der Waals surface area (Å²) < 4.78 is 0. The van der Waals surface area contributed by atoms with Crippen LogP contribution in [0.2, 0.25) is 5.02 Å². The lowest BCUT2D eigenvalue weighted by atomic mass is 10.0. The minimum Gasteiger partial charge on any atom is -0.352 e. The van der Waals surface area contributed by atoms with E-state index < -0.39 is 0 Å². The number of benzene rings is 2. The molecule has 1 fully saturated rings. The van der Waals surface area contributed by atoms with Crippen LogP contribution >= 0.6 is 11.6 Å². The zero-order valence-corrected chi connectivity index (χ0v) is 17.2. The number of likely N-dealkylation sites (N-methyl/N-ethyl adjacent to an activating group) is 1. The predicted molar refractivity (Wildman–Crippen MR) is 117 cm³/mol. The monoisotopic (exact) mass is 397 g/mol. The summed E-state index contributed by atoms with van der Waals surface area (Å²) in [6.45, 7) is 6.12. The van der Waals surface area contributed by atoms with E-state index in [0.29, 0.717) is 17.1 Å². The molecule has 28 heavy (non-hydrogen) atoms. The molecule has 0 aromatic heterocycles. The fraction of sp³-hybridized carbons (Fsp3) is 0.348. The third-order valence-corrected chi connectivity index (χ3v) is 5.41. The van der Waals surface area contributed by atoms with Crippen LogP contribution in [0.4, 0.5) is 0 Å². The van der Waals surface area contributed by atoms with Crippen LogP contribution in [0.3, 0.4) is 0 Å². The Balaban J connectivity index is 1.62. The molecule has 0 aliphatic carbocycles. The Labute approximate surface area is 172 Å². The largest absolute Gasteiger partial charge is 0.352 e. The molecule has 0 spiro atoms. The second-order valence-electron chi connectivity index (χ2n) is 7.20. The Kier molecular flexibility index (Phi) is 7.66. The van der Waals surface area contributed by atoms with Crippen molar-refractivity contribution in [2.75, 3.05) is 46.3 Å². The highest BCUT2D eigenvalue weighted by atomic mass is 35.5. The number of piperazine rings is 1. The summed E-state index contributed by atoms with van der Waals surface area (Å²) in [5, 5.41) is 3.72. The van der Waals surface area contributed by atoms with Gasteiger partial charge < -0.3 is 15.1 Å². The minimum absolute atomic E-state index is 0.0653. The van der Waals surface area contributed by atoms with Crippen LogP contribution in [0.5, 0.6) is 0 Å². The molecule has 1 N–H and O–H groups in total. The molecule has 1 aliphatic rings. The van der Waals surface area contributed by atoms with Crippen LogP contribution in [-0.4, -0.2) is 62.0 Å². The van der Waals surface area contributed by atoms with Gasteiger partial charge in [0.2, 0.25) is 0 Å². The fourth-order valence-electron chi connectivity index (χ4n) is 3.32. The smallest absolute Gasteiger partial charge is 0.251 e. The van der Waals surface area contributed by atoms with E-state index in [2.05, 4.69) is 22.2 Å². The second kappa shape index (κ2) is 10.4. The summed E-state index contributed by atoms with van der Waals surface area (Å²) >= 11 is 6.30. The number of nitrogens with one attached hydrogen (secondary N) is 1. The van der Waals surface area contributed by atoms with Gasteiger partial charge in [0.15, 0.2) is 0 Å². The fourth-order valence-corrected chi connectivity index (χ4v) is 3.51. The lowest BCUT2D eigenvalue weighted by Crippen LogP contribution is -2.45. The lowest BCUT2D eigenvalue weighted by Gasteiger charge is -2.32. The number of nitrogens with zero attached hydrogens (tertiary/aromatic N) is 2. The second-order valence-corrected chi connectivity index (χ2v) is 7.61. The number of rotatable bonds is 7. The molecule has 1 saturated heterocycles. The molecule has 5 heteroatoms. The quantitative estimate of drug-likeness (QED) is 0.440. The average Bonchev–Trinajstić information content (AvgIpc) is 2.72. The van der Waals surface area contributed by atoms with Crippen molar-refractivity contribution in [2.24, 2.45) is 0 Å². The van der Waals surface area contributed by atoms with E-state index in [0.717, 1.165) is 50.3 Å². The molecule has 0 atom stereocenters. The van der Waals surface area contributed by atoms with Crippen LogP contribution < -0.4 is 5.32 Å². The molecule has 0 saturated carbocycles. The Morgan fingerprint density at radius 2 is 1.71 bits per heavy atom. The number of hydrogen-bond donors (Lipinski definition) is 1. The first kappa shape index (κ1) is 20.6. The van der Waals surface area contributed by atoms with E-state index in [1.54, 1.807) is 0 Å². The molecule has 1 heterocycles. The van der Waals surface area contributed by atoms with Crippen molar-refractivity contribution in [3.05, 3.63) is 70.7 Å². The zero-order chi connectivity index (χ0) is 19.8. The number of hydrogen-bond acceptors (Lipinski definition) is 3. The van der Waals surface area contributed by atoms with Gasteiger partial charge in [-0.1, -0.05) is 60.1 Å². The van der Waals surface area contributed by atoms with Gasteiger partial charge in [0.25, 0.3) is 5.91 Å². The Morgan fingerprint density at radius 3 is 2.43 bits per heavy atom.